The van der Waals surface area contributed by atoms with Gasteiger partial charge >= 0.3 is 11.9 Å². The fourth-order valence-corrected chi connectivity index (χ4v) is 16.2. The summed E-state index contributed by atoms with van der Waals surface area (Å²) in [6.07, 6.45) is 2.66. The summed E-state index contributed by atoms with van der Waals surface area (Å²) < 4.78 is 0. The standard InChI is InChI=1S/C78H114N24O20S4/c1-77(2,73(121)97-47(19-9-11-25-85-75(81)82)65(113)89-37-59(105)91-49(33-61(107)108)67(115)93-51(31-41-35-87-45-17-7-5-15-43(41)45)71(119)101-27-13-21-55(101)69(117)95-53(39-123)63(79)111)99-57(103)23-29-125-126-30-24-58(104)100-78(3,4)74(122)98-48(20-10-12-26-86-76(83)84)66(114)90-38-60(106)92-50(34-62(109)110)68(116)94-52(32-42-36-88-46-18-8-6-16-44(42)46)72(120)102-28-14-22-56(102)70(118)96-54(40-124)64(80)112/h5-8,15-18,35-36,47-56,87-88,123-124H,9-14,19-34,37-40H2,1-4H3,(H2,79,111)(H2,80,112)(H,89,113)(H,90,114)(H,91,105)(H,92,106)(H,93,115)(H,94,116)(H,95,117)(H,96,118)(H,97,121)(H,98,122)(H,99,103)(H,100,104)(H,107,108)(H,109,110)(H4,81,82,85)(H4,83,84,86)/t47-,48-,49-,50-,51-,52-,53-,54-,55-,56-/m0/s1. The molecule has 16 amide bonds. The molecule has 0 unspecified atom stereocenters. The molecule has 690 valence electrons. The van der Waals surface area contributed by atoms with Gasteiger partial charge in [-0.05, 0) is 115 Å². The summed E-state index contributed by atoms with van der Waals surface area (Å²) in [4.78, 5) is 252. The first-order chi connectivity index (χ1) is 59.6. The highest BCUT2D eigenvalue weighted by Crippen LogP contribution is 2.28. The van der Waals surface area contributed by atoms with Gasteiger partial charge in [0.2, 0.25) is 94.5 Å². The monoisotopic (exact) mass is 1830 g/mol. The third kappa shape index (κ3) is 32.8. The number of benzene rings is 2. The van der Waals surface area contributed by atoms with E-state index in [-0.39, 0.29) is 125 Å². The number of hydrogen-bond acceptors (Lipinski definition) is 24. The van der Waals surface area contributed by atoms with Crippen molar-refractivity contribution in [1.82, 2.24) is 94.2 Å². The lowest BCUT2D eigenvalue weighted by Crippen LogP contribution is -2.60. The first-order valence-electron chi connectivity index (χ1n) is 40.6. The van der Waals surface area contributed by atoms with Crippen LogP contribution in [-0.2, 0) is 99.1 Å². The van der Waals surface area contributed by atoms with Gasteiger partial charge in [0.15, 0.2) is 11.9 Å². The Labute approximate surface area is 743 Å². The highest BCUT2D eigenvalue weighted by Gasteiger charge is 2.43. The lowest BCUT2D eigenvalue weighted by molar-refractivity contribution is -0.143. The summed E-state index contributed by atoms with van der Waals surface area (Å²) >= 11 is 8.17. The summed E-state index contributed by atoms with van der Waals surface area (Å²) in [5.74, 6) is -17.3. The summed E-state index contributed by atoms with van der Waals surface area (Å²) in [6, 6.07) is 0.246. The number of aliphatic carboxylic acids is 2. The van der Waals surface area contributed by atoms with Crippen molar-refractivity contribution in [3.63, 3.8) is 0 Å². The van der Waals surface area contributed by atoms with Crippen LogP contribution in [0.5, 0.6) is 0 Å². The third-order valence-corrected chi connectivity index (χ3v) is 23.5. The number of carbonyl (C=O) groups excluding carboxylic acids is 16. The number of carbonyl (C=O) groups is 18. The number of unbranched alkanes of at least 4 members (excludes halogenated alkanes) is 2. The minimum absolute atomic E-state index is 0.0595. The molecule has 2 fully saturated rings. The number of carboxylic acid groups (broad SMARTS) is 2. The van der Waals surface area contributed by atoms with Gasteiger partial charge in [-0.2, -0.15) is 25.3 Å². The highest BCUT2D eigenvalue weighted by atomic mass is 33.1. The van der Waals surface area contributed by atoms with Crippen molar-refractivity contribution in [2.45, 2.75) is 202 Å². The molecule has 0 saturated carbocycles. The summed E-state index contributed by atoms with van der Waals surface area (Å²) in [5, 5.41) is 71.5. The maximum Gasteiger partial charge on any atom is 0.305 e. The summed E-state index contributed by atoms with van der Waals surface area (Å²) in [6.45, 7) is 4.26. The molecule has 0 bridgehead atoms. The number of H-pyrrole nitrogens is 2. The van der Waals surface area contributed by atoms with Gasteiger partial charge < -0.3 is 127 Å². The van der Waals surface area contributed by atoms with E-state index in [1.807, 2.05) is 0 Å². The van der Waals surface area contributed by atoms with Gasteiger partial charge in [0.1, 0.15) is 71.5 Å². The first-order valence-corrected chi connectivity index (χ1v) is 44.3. The number of rotatable bonds is 53. The Morgan fingerprint density at radius 1 is 0.468 bits per heavy atom. The zero-order valence-electron chi connectivity index (χ0n) is 70.1. The van der Waals surface area contributed by atoms with E-state index in [4.69, 9.17) is 33.8 Å². The van der Waals surface area contributed by atoms with Gasteiger partial charge in [0, 0.05) is 109 Å². The number of guanidine groups is 2. The second-order valence-corrected chi connectivity index (χ2v) is 34.4. The van der Waals surface area contributed by atoms with Crippen LogP contribution in [0.3, 0.4) is 0 Å². The van der Waals surface area contributed by atoms with Crippen molar-refractivity contribution in [3.05, 3.63) is 72.1 Å². The SMILES string of the molecule is CC(C)(NC(=O)CCSSCCC(=O)NC(C)(C)C(=O)N[C@@H](CCCCNC(=N)N)C(=O)NCC(=O)N[C@@H](CC(=O)O)C(=O)N[C@@H](Cc1c[nH]c2ccccc12)C(=O)N1CCC[C@H]1C(=O)N[C@@H](CS)C(N)=O)C(=O)N[C@@H](CCCCNC(=N)N)C(=O)NCC(=O)N[C@@H](CC(=O)O)C(=O)N[C@@H](Cc1c[nH]c2ccccc12)C(=O)N1CCC[C@H]1C(=O)N[C@@H](CS)C(N)=O. The molecule has 48 heteroatoms. The number of likely N-dealkylation sites (tertiary alicyclic amines) is 2. The topological polar surface area (TPSA) is 706 Å². The number of nitrogens with one attached hydrogen (secondary N) is 18. The number of nitrogens with zero attached hydrogens (tertiary/aromatic N) is 2. The van der Waals surface area contributed by atoms with Gasteiger partial charge in [-0.3, -0.25) is 97.1 Å². The molecule has 28 N–H and O–H groups in total. The van der Waals surface area contributed by atoms with Gasteiger partial charge in [-0.25, -0.2) is 0 Å². The average molecular weight is 1840 g/mol. The van der Waals surface area contributed by atoms with Crippen LogP contribution in [0.15, 0.2) is 60.9 Å². The number of primary amides is 2. The number of amides is 16. The number of aromatic nitrogens is 2. The van der Waals surface area contributed by atoms with Crippen molar-refractivity contribution in [1.29, 1.82) is 10.8 Å². The maximum atomic E-state index is 14.6. The molecule has 0 spiro atoms. The van der Waals surface area contributed by atoms with E-state index in [9.17, 15) is 96.5 Å². The van der Waals surface area contributed by atoms with Crippen LogP contribution in [0.25, 0.3) is 21.8 Å². The molecule has 4 aromatic rings. The zero-order chi connectivity index (χ0) is 93.1. The lowest BCUT2D eigenvalue weighted by Gasteiger charge is -2.30. The van der Waals surface area contributed by atoms with Crippen LogP contribution in [0.2, 0.25) is 0 Å². The van der Waals surface area contributed by atoms with Crippen molar-refractivity contribution in [2.24, 2.45) is 22.9 Å². The molecule has 0 radical (unpaired) electrons. The quantitative estimate of drug-likeness (QED) is 0.00652. The van der Waals surface area contributed by atoms with Crippen LogP contribution < -0.4 is 97.4 Å². The molecule has 44 nitrogen and oxygen atoms in total. The van der Waals surface area contributed by atoms with E-state index in [0.29, 0.717) is 58.6 Å². The number of nitrogens with two attached hydrogens (primary N) is 4. The Kier molecular flexibility index (Phi) is 40.9. The van der Waals surface area contributed by atoms with Crippen molar-refractivity contribution in [3.8, 4) is 0 Å². The third-order valence-electron chi connectivity index (χ3n) is 20.4. The first kappa shape index (κ1) is 103. The van der Waals surface area contributed by atoms with Gasteiger partial charge in [-0.1, -0.05) is 58.0 Å². The molecule has 2 aliphatic rings. The van der Waals surface area contributed by atoms with E-state index >= 15 is 0 Å². The van der Waals surface area contributed by atoms with Crippen LogP contribution in [0.4, 0.5) is 0 Å². The number of carboxylic acids is 2. The zero-order valence-corrected chi connectivity index (χ0v) is 73.5. The van der Waals surface area contributed by atoms with Crippen LogP contribution in [-0.4, -0.2) is 282 Å². The maximum absolute atomic E-state index is 14.6. The molecule has 4 heterocycles. The normalized spacial score (nSPS) is 15.6. The lowest BCUT2D eigenvalue weighted by atomic mass is 10.0. The minimum atomic E-state index is -1.85. The Balaban J connectivity index is 1.000. The van der Waals surface area contributed by atoms with Gasteiger partial charge in [0.25, 0.3) is 0 Å². The van der Waals surface area contributed by atoms with E-state index in [1.165, 1.54) is 59.1 Å². The molecule has 126 heavy (non-hydrogen) atoms. The fourth-order valence-electron chi connectivity index (χ4n) is 13.7. The van der Waals surface area contributed by atoms with Gasteiger partial charge in [-0.15, -0.1) is 0 Å². The molecule has 2 aromatic carbocycles. The predicted octanol–water partition coefficient (Wildman–Crippen LogP) is -4.44. The largest absolute Gasteiger partial charge is 0.481 e. The van der Waals surface area contributed by atoms with E-state index in [1.54, 1.807) is 60.9 Å². The minimum Gasteiger partial charge on any atom is -0.481 e. The molecule has 6 rings (SSSR count). The highest BCUT2D eigenvalue weighted by molar-refractivity contribution is 8.76. The Bertz CT molecular complexity index is 4340. The predicted molar refractivity (Wildman–Crippen MR) is 472 cm³/mol. The molecular formula is C78H114N24O20S4. The van der Waals surface area contributed by atoms with E-state index in [0.717, 1.165) is 0 Å². The van der Waals surface area contributed by atoms with Crippen molar-refractivity contribution in [2.75, 3.05) is 62.3 Å². The molecule has 10 atom stereocenters. The number of aromatic amines is 2. The van der Waals surface area contributed by atoms with Crippen LogP contribution in [0.1, 0.15) is 129 Å². The Morgan fingerprint density at radius 3 is 1.17 bits per heavy atom. The molecule has 2 aliphatic heterocycles. The molecule has 2 saturated heterocycles. The smallest absolute Gasteiger partial charge is 0.305 e. The van der Waals surface area contributed by atoms with Crippen molar-refractivity contribution < 1.29 is 96.5 Å². The second-order valence-electron chi connectivity index (χ2n) is 31.0. The van der Waals surface area contributed by atoms with E-state index < -0.39 is 204 Å². The Hall–Kier alpha value is -12.1. The van der Waals surface area contributed by atoms with Crippen LogP contribution >= 0.6 is 46.8 Å². The molecule has 2 aromatic heterocycles. The number of thiol groups is 2. The number of para-hydroxylation sites is 2. The molecular weight excluding hydrogens is 1720 g/mol. The van der Waals surface area contributed by atoms with E-state index in [2.05, 4.69) is 110 Å². The fraction of sp³-hybridized carbons (Fsp3) is 0.538. The van der Waals surface area contributed by atoms with Crippen LogP contribution in [0, 0.1) is 10.8 Å². The van der Waals surface area contributed by atoms with Gasteiger partial charge in [0.05, 0.1) is 25.9 Å². The average Bonchev–Trinajstić information content (AvgIpc) is 1.66. The van der Waals surface area contributed by atoms with Crippen molar-refractivity contribution >= 4 is 187 Å². The Morgan fingerprint density at radius 2 is 0.833 bits per heavy atom. The number of hydrogen-bond donors (Lipinski definition) is 26. The summed E-state index contributed by atoms with van der Waals surface area (Å²) in [5.41, 5.74) is 20.9. The molecule has 0 aliphatic carbocycles. The number of fused-ring (bicyclic) bond motifs is 2. The second kappa shape index (κ2) is 50.2. The summed E-state index contributed by atoms with van der Waals surface area (Å²) in [7, 11) is 2.40.